The summed E-state index contributed by atoms with van der Waals surface area (Å²) in [5, 5.41) is -0.259. The van der Waals surface area contributed by atoms with Gasteiger partial charge in [-0.1, -0.05) is 24.3 Å². The zero-order valence-electron chi connectivity index (χ0n) is 10.6. The summed E-state index contributed by atoms with van der Waals surface area (Å²) in [6.07, 6.45) is 0.926. The minimum absolute atomic E-state index is 0.199. The van der Waals surface area contributed by atoms with Crippen LogP contribution in [0.15, 0.2) is 36.4 Å². The van der Waals surface area contributed by atoms with Crippen LogP contribution in [0, 0.1) is 12.7 Å². The lowest BCUT2D eigenvalue weighted by Gasteiger charge is -2.12. The fourth-order valence-electron chi connectivity index (χ4n) is 2.38. The maximum Gasteiger partial charge on any atom is 0.126 e. The summed E-state index contributed by atoms with van der Waals surface area (Å²) >= 11 is 6.49. The van der Waals surface area contributed by atoms with Crippen LogP contribution in [-0.2, 0) is 6.42 Å². The van der Waals surface area contributed by atoms with Gasteiger partial charge in [-0.2, -0.15) is 0 Å². The van der Waals surface area contributed by atoms with Crippen LogP contribution in [-0.4, -0.2) is 6.61 Å². The van der Waals surface area contributed by atoms with Crippen molar-refractivity contribution in [2.45, 2.75) is 18.7 Å². The van der Waals surface area contributed by atoms with Gasteiger partial charge in [0.2, 0.25) is 0 Å². The molecule has 0 saturated heterocycles. The zero-order chi connectivity index (χ0) is 13.4. The maximum atomic E-state index is 13.3. The van der Waals surface area contributed by atoms with Crippen molar-refractivity contribution in [3.8, 4) is 5.75 Å². The highest BCUT2D eigenvalue weighted by atomic mass is 35.5. The molecular formula is C16H14ClFO. The Morgan fingerprint density at radius 2 is 1.89 bits per heavy atom. The molecule has 1 aliphatic rings. The molecule has 0 aliphatic carbocycles. The zero-order valence-corrected chi connectivity index (χ0v) is 11.4. The Labute approximate surface area is 117 Å². The molecule has 0 aromatic heterocycles. The van der Waals surface area contributed by atoms with Crippen molar-refractivity contribution in [1.29, 1.82) is 0 Å². The van der Waals surface area contributed by atoms with Gasteiger partial charge in [0.1, 0.15) is 11.6 Å². The molecule has 3 rings (SSSR count). The average molecular weight is 277 g/mol. The second kappa shape index (κ2) is 4.86. The molecule has 0 saturated carbocycles. The number of fused-ring (bicyclic) bond motifs is 1. The van der Waals surface area contributed by atoms with Crippen LogP contribution >= 0.6 is 11.6 Å². The van der Waals surface area contributed by atoms with E-state index in [0.717, 1.165) is 29.9 Å². The Bertz CT molecular complexity index is 624. The van der Waals surface area contributed by atoms with Crippen molar-refractivity contribution >= 4 is 11.6 Å². The summed E-state index contributed by atoms with van der Waals surface area (Å²) in [7, 11) is 0. The fraction of sp³-hybridized carbons (Fsp3) is 0.250. The normalized spacial score (nSPS) is 14.9. The SMILES string of the molecule is Cc1cc(C(Cl)c2ccc3c(c2)CCO3)ccc1F. The van der Waals surface area contributed by atoms with Gasteiger partial charge < -0.3 is 4.74 Å². The summed E-state index contributed by atoms with van der Waals surface area (Å²) in [6, 6.07) is 11.0. The van der Waals surface area contributed by atoms with Crippen molar-refractivity contribution in [3.63, 3.8) is 0 Å². The van der Waals surface area contributed by atoms with Crippen LogP contribution in [0.1, 0.15) is 27.6 Å². The molecule has 0 fully saturated rings. The van der Waals surface area contributed by atoms with E-state index in [4.69, 9.17) is 16.3 Å². The highest BCUT2D eigenvalue weighted by Crippen LogP contribution is 2.34. The molecule has 1 heterocycles. The largest absolute Gasteiger partial charge is 0.493 e. The Balaban J connectivity index is 1.94. The summed E-state index contributed by atoms with van der Waals surface area (Å²) < 4.78 is 18.8. The van der Waals surface area contributed by atoms with E-state index in [2.05, 4.69) is 6.07 Å². The fourth-order valence-corrected chi connectivity index (χ4v) is 2.65. The molecule has 3 heteroatoms. The van der Waals surface area contributed by atoms with Crippen molar-refractivity contribution in [2.75, 3.05) is 6.61 Å². The van der Waals surface area contributed by atoms with Crippen LogP contribution in [0.25, 0.3) is 0 Å². The first-order valence-corrected chi connectivity index (χ1v) is 6.74. The van der Waals surface area contributed by atoms with E-state index in [1.165, 1.54) is 11.6 Å². The number of rotatable bonds is 2. The molecule has 1 atom stereocenters. The molecule has 1 unspecified atom stereocenters. The second-order valence-corrected chi connectivity index (χ2v) is 5.27. The van der Waals surface area contributed by atoms with Gasteiger partial charge in [-0.15, -0.1) is 11.6 Å². The average Bonchev–Trinajstić information content (AvgIpc) is 2.88. The van der Waals surface area contributed by atoms with Crippen LogP contribution in [0.4, 0.5) is 4.39 Å². The molecule has 98 valence electrons. The minimum atomic E-state index is -0.259. The van der Waals surface area contributed by atoms with Crippen LogP contribution in [0.3, 0.4) is 0 Å². The Kier molecular flexibility index (Phi) is 3.19. The third-order valence-electron chi connectivity index (χ3n) is 3.48. The topological polar surface area (TPSA) is 9.23 Å². The summed E-state index contributed by atoms with van der Waals surface area (Å²) in [6.45, 7) is 2.49. The molecule has 0 amide bonds. The lowest BCUT2D eigenvalue weighted by molar-refractivity contribution is 0.357. The summed E-state index contributed by atoms with van der Waals surface area (Å²) in [5.41, 5.74) is 3.76. The second-order valence-electron chi connectivity index (χ2n) is 4.84. The molecule has 1 nitrogen and oxygen atoms in total. The van der Waals surface area contributed by atoms with E-state index in [9.17, 15) is 4.39 Å². The monoisotopic (exact) mass is 276 g/mol. The minimum Gasteiger partial charge on any atom is -0.493 e. The smallest absolute Gasteiger partial charge is 0.126 e. The maximum absolute atomic E-state index is 13.3. The van der Waals surface area contributed by atoms with Crippen molar-refractivity contribution in [2.24, 2.45) is 0 Å². The lowest BCUT2D eigenvalue weighted by Crippen LogP contribution is -1.96. The summed E-state index contributed by atoms with van der Waals surface area (Å²) in [5.74, 6) is 0.748. The molecule has 0 bridgehead atoms. The van der Waals surface area contributed by atoms with E-state index < -0.39 is 0 Å². The van der Waals surface area contributed by atoms with Crippen LogP contribution in [0.2, 0.25) is 0 Å². The van der Waals surface area contributed by atoms with Gasteiger partial charge in [-0.05, 0) is 41.3 Å². The molecule has 2 aromatic carbocycles. The molecule has 1 aliphatic heterocycles. The van der Waals surface area contributed by atoms with Gasteiger partial charge in [0.15, 0.2) is 0 Å². The first-order valence-electron chi connectivity index (χ1n) is 6.31. The predicted octanol–water partition coefficient (Wildman–Crippen LogP) is 4.40. The number of ether oxygens (including phenoxy) is 1. The number of benzene rings is 2. The van der Waals surface area contributed by atoms with Crippen LogP contribution in [0.5, 0.6) is 5.75 Å². The van der Waals surface area contributed by atoms with Crippen LogP contribution < -0.4 is 4.74 Å². The van der Waals surface area contributed by atoms with E-state index in [1.807, 2.05) is 12.1 Å². The standard InChI is InChI=1S/C16H14ClFO/c1-10-8-12(2-4-14(10)18)16(17)13-3-5-15-11(9-13)6-7-19-15/h2-5,8-9,16H,6-7H2,1H3. The third-order valence-corrected chi connectivity index (χ3v) is 3.98. The predicted molar refractivity (Wildman–Crippen MR) is 74.5 cm³/mol. The van der Waals surface area contributed by atoms with E-state index in [-0.39, 0.29) is 11.2 Å². The number of hydrogen-bond donors (Lipinski definition) is 0. The molecule has 0 radical (unpaired) electrons. The van der Waals surface area contributed by atoms with E-state index in [1.54, 1.807) is 19.1 Å². The lowest BCUT2D eigenvalue weighted by atomic mass is 10.00. The van der Waals surface area contributed by atoms with E-state index >= 15 is 0 Å². The Morgan fingerprint density at radius 1 is 1.16 bits per heavy atom. The molecule has 19 heavy (non-hydrogen) atoms. The number of aryl methyl sites for hydroxylation is 1. The molecule has 0 N–H and O–H groups in total. The first kappa shape index (κ1) is 12.5. The van der Waals surface area contributed by atoms with Gasteiger partial charge >= 0.3 is 0 Å². The highest BCUT2D eigenvalue weighted by molar-refractivity contribution is 6.22. The van der Waals surface area contributed by atoms with Gasteiger partial charge in [-0.25, -0.2) is 4.39 Å². The van der Waals surface area contributed by atoms with Crippen molar-refractivity contribution in [1.82, 2.24) is 0 Å². The van der Waals surface area contributed by atoms with Gasteiger partial charge in [0.25, 0.3) is 0 Å². The van der Waals surface area contributed by atoms with Crippen molar-refractivity contribution in [3.05, 3.63) is 64.5 Å². The van der Waals surface area contributed by atoms with Gasteiger partial charge in [-0.3, -0.25) is 0 Å². The molecule has 0 spiro atoms. The van der Waals surface area contributed by atoms with E-state index in [0.29, 0.717) is 5.56 Å². The number of halogens is 2. The quantitative estimate of drug-likeness (QED) is 0.739. The summed E-state index contributed by atoms with van der Waals surface area (Å²) in [4.78, 5) is 0. The Morgan fingerprint density at radius 3 is 2.68 bits per heavy atom. The highest BCUT2D eigenvalue weighted by Gasteiger charge is 2.17. The third kappa shape index (κ3) is 2.33. The van der Waals surface area contributed by atoms with Crippen molar-refractivity contribution < 1.29 is 9.13 Å². The molecule has 2 aromatic rings. The first-order chi connectivity index (χ1) is 9.15. The van der Waals surface area contributed by atoms with Gasteiger partial charge in [0.05, 0.1) is 12.0 Å². The Hall–Kier alpha value is -1.54. The number of hydrogen-bond acceptors (Lipinski definition) is 1. The number of alkyl halides is 1. The van der Waals surface area contributed by atoms with Gasteiger partial charge in [0, 0.05) is 6.42 Å². The molecular weight excluding hydrogens is 263 g/mol.